The zero-order valence-corrected chi connectivity index (χ0v) is 22.2. The molecule has 38 heavy (non-hydrogen) atoms. The number of halogens is 1. The maximum atomic E-state index is 13.1. The molecule has 1 aliphatic carbocycles. The Kier molecular flexibility index (Phi) is 6.91. The van der Waals surface area contributed by atoms with E-state index in [-0.39, 0.29) is 22.8 Å². The summed E-state index contributed by atoms with van der Waals surface area (Å²) < 4.78 is 12.7. The van der Waals surface area contributed by atoms with Gasteiger partial charge in [0.1, 0.15) is 11.2 Å². The van der Waals surface area contributed by atoms with Crippen LogP contribution in [0.4, 0.5) is 11.4 Å². The Balaban J connectivity index is 1.47. The van der Waals surface area contributed by atoms with Crippen LogP contribution in [0.3, 0.4) is 0 Å². The van der Waals surface area contributed by atoms with Crippen LogP contribution in [0.2, 0.25) is 0 Å². The highest BCUT2D eigenvalue weighted by Crippen LogP contribution is 2.42. The fourth-order valence-electron chi connectivity index (χ4n) is 4.22. The lowest BCUT2D eigenvalue weighted by molar-refractivity contribution is -0.394. The molecule has 0 amide bonds. The van der Waals surface area contributed by atoms with Gasteiger partial charge in [0.2, 0.25) is 5.75 Å². The molecule has 0 fully saturated rings. The molecule has 2 heterocycles. The van der Waals surface area contributed by atoms with Crippen molar-refractivity contribution < 1.29 is 19.3 Å². The Labute approximate surface area is 226 Å². The van der Waals surface area contributed by atoms with Gasteiger partial charge in [0.25, 0.3) is 11.2 Å². The molecule has 0 atom stereocenters. The fraction of sp³-hybridized carbons (Fsp3) is 0.208. The van der Waals surface area contributed by atoms with Gasteiger partial charge in [-0.15, -0.1) is 11.3 Å². The zero-order valence-electron chi connectivity index (χ0n) is 19.7. The van der Waals surface area contributed by atoms with Crippen molar-refractivity contribution in [2.75, 3.05) is 7.11 Å². The average molecular weight is 600 g/mol. The van der Waals surface area contributed by atoms with E-state index < -0.39 is 21.2 Å². The molecule has 0 unspecified atom stereocenters. The zero-order chi connectivity index (χ0) is 27.0. The first-order valence-electron chi connectivity index (χ1n) is 11.3. The Morgan fingerprint density at radius 3 is 2.66 bits per heavy atom. The number of nitro groups is 2. The van der Waals surface area contributed by atoms with E-state index in [4.69, 9.17) is 9.47 Å². The quantitative estimate of drug-likeness (QED) is 0.151. The summed E-state index contributed by atoms with van der Waals surface area (Å²) in [4.78, 5) is 40.5. The van der Waals surface area contributed by atoms with Gasteiger partial charge >= 0.3 is 5.69 Å². The van der Waals surface area contributed by atoms with Gasteiger partial charge in [-0.2, -0.15) is 9.78 Å². The number of nitro benzene ring substituents is 2. The number of ether oxygens (including phenoxy) is 2. The summed E-state index contributed by atoms with van der Waals surface area (Å²) in [6, 6.07) is 6.28. The van der Waals surface area contributed by atoms with Crippen LogP contribution >= 0.6 is 27.3 Å². The predicted molar refractivity (Wildman–Crippen MR) is 144 cm³/mol. The Morgan fingerprint density at radius 2 is 1.92 bits per heavy atom. The molecule has 1 aliphatic rings. The number of thiophene rings is 1. The topological polar surface area (TPSA) is 152 Å². The molecule has 0 N–H and O–H groups in total. The maximum absolute atomic E-state index is 13.1. The summed E-state index contributed by atoms with van der Waals surface area (Å²) in [5.74, 6) is 0.124. The van der Waals surface area contributed by atoms with Crippen LogP contribution in [0.1, 0.15) is 28.8 Å². The molecule has 12 nitrogen and oxygen atoms in total. The van der Waals surface area contributed by atoms with Crippen LogP contribution in [0.5, 0.6) is 17.2 Å². The summed E-state index contributed by atoms with van der Waals surface area (Å²) in [5.41, 5.74) is 0.370. The van der Waals surface area contributed by atoms with Crippen molar-refractivity contribution in [3.63, 3.8) is 0 Å². The molecular weight excluding hydrogens is 582 g/mol. The van der Waals surface area contributed by atoms with Crippen LogP contribution in [0.25, 0.3) is 10.2 Å². The van der Waals surface area contributed by atoms with E-state index in [9.17, 15) is 25.0 Å². The minimum atomic E-state index is -0.767. The van der Waals surface area contributed by atoms with Crippen molar-refractivity contribution in [2.24, 2.45) is 5.10 Å². The van der Waals surface area contributed by atoms with Gasteiger partial charge in [0.15, 0.2) is 11.5 Å². The van der Waals surface area contributed by atoms with E-state index in [2.05, 4.69) is 26.0 Å². The van der Waals surface area contributed by atoms with Crippen LogP contribution in [0, 0.1) is 20.2 Å². The number of aryl methyl sites for hydroxylation is 2. The summed E-state index contributed by atoms with van der Waals surface area (Å²) in [6.07, 6.45) is 6.82. The lowest BCUT2D eigenvalue weighted by Crippen LogP contribution is -2.18. The van der Waals surface area contributed by atoms with Gasteiger partial charge in [-0.3, -0.25) is 25.0 Å². The van der Waals surface area contributed by atoms with Crippen molar-refractivity contribution in [1.29, 1.82) is 0 Å². The maximum Gasteiger partial charge on any atom is 0.318 e. The Bertz CT molecular complexity index is 1700. The molecule has 14 heteroatoms. The lowest BCUT2D eigenvalue weighted by Gasteiger charge is -2.13. The van der Waals surface area contributed by atoms with Gasteiger partial charge in [-0.1, -0.05) is 0 Å². The smallest absolute Gasteiger partial charge is 0.318 e. The van der Waals surface area contributed by atoms with Crippen LogP contribution in [-0.4, -0.2) is 32.8 Å². The number of hydrogen-bond acceptors (Lipinski definition) is 10. The fourth-order valence-corrected chi connectivity index (χ4v) is 5.98. The molecule has 0 bridgehead atoms. The predicted octanol–water partition coefficient (Wildman–Crippen LogP) is 5.60. The van der Waals surface area contributed by atoms with Crippen molar-refractivity contribution in [1.82, 2.24) is 9.66 Å². The number of nitrogens with zero attached hydrogens (tertiary/aromatic N) is 5. The summed E-state index contributed by atoms with van der Waals surface area (Å²) in [7, 11) is 1.39. The molecule has 2 aromatic heterocycles. The summed E-state index contributed by atoms with van der Waals surface area (Å²) in [6.45, 7) is 0. The lowest BCUT2D eigenvalue weighted by atomic mass is 9.97. The van der Waals surface area contributed by atoms with Crippen molar-refractivity contribution >= 4 is 55.1 Å². The van der Waals surface area contributed by atoms with E-state index in [1.54, 1.807) is 23.5 Å². The Hall–Kier alpha value is -4.17. The first-order valence-corrected chi connectivity index (χ1v) is 12.9. The highest BCUT2D eigenvalue weighted by Gasteiger charge is 2.24. The van der Waals surface area contributed by atoms with E-state index in [0.29, 0.717) is 15.4 Å². The van der Waals surface area contributed by atoms with Crippen molar-refractivity contribution in [2.45, 2.75) is 25.7 Å². The highest BCUT2D eigenvalue weighted by molar-refractivity contribution is 9.10. The third-order valence-corrected chi connectivity index (χ3v) is 7.79. The first kappa shape index (κ1) is 25.5. The molecule has 0 radical (unpaired) electrons. The highest BCUT2D eigenvalue weighted by atomic mass is 79.9. The molecule has 0 saturated carbocycles. The molecule has 0 aliphatic heterocycles. The molecule has 0 spiro atoms. The molecule has 0 saturated heterocycles. The van der Waals surface area contributed by atoms with Gasteiger partial charge in [0, 0.05) is 10.9 Å². The second-order valence-corrected chi connectivity index (χ2v) is 10.3. The number of fused-ring (bicyclic) bond motifs is 3. The first-order chi connectivity index (χ1) is 18.3. The molecule has 194 valence electrons. The Morgan fingerprint density at radius 1 is 1.13 bits per heavy atom. The molecule has 5 rings (SSSR count). The van der Waals surface area contributed by atoms with Gasteiger partial charge < -0.3 is 9.47 Å². The van der Waals surface area contributed by atoms with Gasteiger partial charge in [-0.05, 0) is 70.9 Å². The number of non-ortho nitro benzene ring substituents is 1. The van der Waals surface area contributed by atoms with Crippen LogP contribution in [0.15, 0.2) is 51.0 Å². The van der Waals surface area contributed by atoms with E-state index >= 15 is 0 Å². The minimum absolute atomic E-state index is 0.117. The second-order valence-electron chi connectivity index (χ2n) is 8.33. The largest absolute Gasteiger partial charge is 0.493 e. The normalized spacial score (nSPS) is 13.0. The summed E-state index contributed by atoms with van der Waals surface area (Å²) in [5, 5.41) is 27.4. The van der Waals surface area contributed by atoms with Crippen molar-refractivity contribution in [3.8, 4) is 17.2 Å². The third-order valence-electron chi connectivity index (χ3n) is 6.00. The van der Waals surface area contributed by atoms with E-state index in [1.807, 2.05) is 0 Å². The molecule has 2 aromatic carbocycles. The average Bonchev–Trinajstić information content (AvgIpc) is 3.28. The number of rotatable bonds is 7. The van der Waals surface area contributed by atoms with Crippen molar-refractivity contribution in [3.05, 3.63) is 87.7 Å². The summed E-state index contributed by atoms with van der Waals surface area (Å²) >= 11 is 4.94. The SMILES string of the molecule is COc1cc(/C=N\n2cnc3sc4c(c3c2=O)CCCC4)cc(Br)c1Oc1ccc([N+](=O)[O-])cc1[N+](=O)[O-]. The monoisotopic (exact) mass is 599 g/mol. The van der Waals surface area contributed by atoms with Gasteiger partial charge in [-0.25, -0.2) is 4.98 Å². The third kappa shape index (κ3) is 4.75. The minimum Gasteiger partial charge on any atom is -0.493 e. The van der Waals surface area contributed by atoms with Crippen LogP contribution in [-0.2, 0) is 12.8 Å². The van der Waals surface area contributed by atoms with E-state index in [1.165, 1.54) is 29.2 Å². The standard InChI is InChI=1S/C24H18BrN5O7S/c1-36-19-9-13(8-16(25)22(19)37-18-7-6-14(29(32)33)10-17(18)30(34)35)11-27-28-12-26-23-21(24(28)31)15-4-2-3-5-20(15)38-23/h6-12H,2-5H2,1H3/b27-11-. The number of hydrogen-bond donors (Lipinski definition) is 0. The van der Waals surface area contributed by atoms with Crippen LogP contribution < -0.4 is 15.0 Å². The molecular formula is C24H18BrN5O7S. The van der Waals surface area contributed by atoms with Gasteiger partial charge in [0.05, 0.1) is 39.1 Å². The molecule has 4 aromatic rings. The number of benzene rings is 2. The van der Waals surface area contributed by atoms with E-state index in [0.717, 1.165) is 54.3 Å². The number of methoxy groups -OCH3 is 1. The second kappa shape index (κ2) is 10.3. The number of aromatic nitrogens is 2.